The van der Waals surface area contributed by atoms with Gasteiger partial charge in [0.05, 0.1) is 0 Å². The molecule has 17 heavy (non-hydrogen) atoms. The largest absolute Gasteiger partial charge is 0.481 e. The molecule has 0 aliphatic heterocycles. The van der Waals surface area contributed by atoms with E-state index < -0.39 is 17.5 Å². The number of carbonyl (C=O) groups excluding carboxylic acids is 1. The van der Waals surface area contributed by atoms with Gasteiger partial charge in [0, 0.05) is 19.2 Å². The molecule has 0 spiro atoms. The number of hydrogen-bond donors (Lipinski definition) is 2. The molecule has 6 heteroatoms. The van der Waals surface area contributed by atoms with Crippen LogP contribution in [-0.2, 0) is 4.79 Å². The average molecular weight is 245 g/mol. The second kappa shape index (κ2) is 6.80. The third-order valence-corrected chi connectivity index (χ3v) is 1.91. The Kier molecular flexibility index (Phi) is 5.35. The smallest absolute Gasteiger partial charge is 0.257 e. The van der Waals surface area contributed by atoms with Crippen molar-refractivity contribution in [2.45, 2.75) is 6.42 Å². The number of halogens is 2. The van der Waals surface area contributed by atoms with Crippen molar-refractivity contribution < 1.29 is 23.4 Å². The Hall–Kier alpha value is -1.69. The van der Waals surface area contributed by atoms with E-state index in [0.717, 1.165) is 12.1 Å². The maximum atomic E-state index is 13.1. The summed E-state index contributed by atoms with van der Waals surface area (Å²) < 4.78 is 30.5. The van der Waals surface area contributed by atoms with Gasteiger partial charge in [-0.2, -0.15) is 0 Å². The zero-order chi connectivity index (χ0) is 12.7. The molecular weight excluding hydrogens is 232 g/mol. The second-order valence-corrected chi connectivity index (χ2v) is 3.29. The first-order chi connectivity index (χ1) is 8.13. The number of ether oxygens (including phenoxy) is 1. The number of nitrogens with one attached hydrogen (secondary N) is 1. The van der Waals surface area contributed by atoms with Crippen LogP contribution in [0.5, 0.6) is 5.75 Å². The molecule has 2 N–H and O–H groups in total. The predicted octanol–water partition coefficient (Wildman–Crippen LogP) is 0.842. The Morgan fingerprint density at radius 2 is 2.18 bits per heavy atom. The summed E-state index contributed by atoms with van der Waals surface area (Å²) in [5.74, 6) is -2.17. The third kappa shape index (κ3) is 4.78. The molecule has 0 atom stereocenters. The van der Waals surface area contributed by atoms with Gasteiger partial charge >= 0.3 is 0 Å². The SMILES string of the molecule is O=C(COc1ccc(F)cc1F)NCCCO. The minimum absolute atomic E-state index is 0.0201. The van der Waals surface area contributed by atoms with Crippen molar-refractivity contribution in [1.29, 1.82) is 0 Å². The summed E-state index contributed by atoms with van der Waals surface area (Å²) in [6, 6.07) is 2.84. The van der Waals surface area contributed by atoms with E-state index in [-0.39, 0.29) is 19.0 Å². The van der Waals surface area contributed by atoms with Crippen LogP contribution in [0.4, 0.5) is 8.78 Å². The van der Waals surface area contributed by atoms with Gasteiger partial charge < -0.3 is 15.2 Å². The Bertz CT molecular complexity index is 385. The van der Waals surface area contributed by atoms with Crippen molar-refractivity contribution in [2.75, 3.05) is 19.8 Å². The van der Waals surface area contributed by atoms with Gasteiger partial charge in [0.1, 0.15) is 5.82 Å². The van der Waals surface area contributed by atoms with Crippen molar-refractivity contribution in [3.63, 3.8) is 0 Å². The molecule has 0 saturated heterocycles. The van der Waals surface area contributed by atoms with Crippen LogP contribution in [0.1, 0.15) is 6.42 Å². The molecule has 0 aliphatic carbocycles. The van der Waals surface area contributed by atoms with E-state index in [1.54, 1.807) is 0 Å². The van der Waals surface area contributed by atoms with Crippen LogP contribution in [0.3, 0.4) is 0 Å². The third-order valence-electron chi connectivity index (χ3n) is 1.91. The number of carbonyl (C=O) groups is 1. The van der Waals surface area contributed by atoms with E-state index in [0.29, 0.717) is 19.0 Å². The Labute approximate surface area is 97.2 Å². The molecule has 0 aliphatic rings. The molecule has 0 fully saturated rings. The summed E-state index contributed by atoms with van der Waals surface area (Å²) in [4.78, 5) is 11.2. The zero-order valence-corrected chi connectivity index (χ0v) is 9.08. The average Bonchev–Trinajstić information content (AvgIpc) is 2.28. The fourth-order valence-electron chi connectivity index (χ4n) is 1.09. The van der Waals surface area contributed by atoms with Crippen LogP contribution in [0, 0.1) is 11.6 Å². The van der Waals surface area contributed by atoms with E-state index in [2.05, 4.69) is 5.32 Å². The monoisotopic (exact) mass is 245 g/mol. The van der Waals surface area contributed by atoms with E-state index in [9.17, 15) is 13.6 Å². The first kappa shape index (κ1) is 13.4. The van der Waals surface area contributed by atoms with E-state index in [1.165, 1.54) is 0 Å². The summed E-state index contributed by atoms with van der Waals surface area (Å²) in [6.45, 7) is -0.0493. The highest BCUT2D eigenvalue weighted by Gasteiger charge is 2.07. The van der Waals surface area contributed by atoms with Crippen molar-refractivity contribution in [2.24, 2.45) is 0 Å². The lowest BCUT2D eigenvalue weighted by Gasteiger charge is -2.07. The summed E-state index contributed by atoms with van der Waals surface area (Å²) >= 11 is 0. The number of aliphatic hydroxyl groups is 1. The van der Waals surface area contributed by atoms with E-state index >= 15 is 0 Å². The number of amides is 1. The molecule has 1 aromatic carbocycles. The minimum Gasteiger partial charge on any atom is -0.481 e. The molecule has 0 radical (unpaired) electrons. The molecule has 0 bridgehead atoms. The van der Waals surface area contributed by atoms with Crippen LogP contribution in [0.2, 0.25) is 0 Å². The van der Waals surface area contributed by atoms with Gasteiger partial charge in [-0.25, -0.2) is 8.78 Å². The molecule has 0 saturated carbocycles. The minimum atomic E-state index is -0.854. The quantitative estimate of drug-likeness (QED) is 0.730. The van der Waals surface area contributed by atoms with Crippen molar-refractivity contribution in [3.8, 4) is 5.75 Å². The lowest BCUT2D eigenvalue weighted by atomic mass is 10.3. The molecular formula is C11H13F2NO3. The van der Waals surface area contributed by atoms with Crippen LogP contribution in [0.15, 0.2) is 18.2 Å². The fourth-order valence-corrected chi connectivity index (χ4v) is 1.09. The lowest BCUT2D eigenvalue weighted by molar-refractivity contribution is -0.123. The fraction of sp³-hybridized carbons (Fsp3) is 0.364. The van der Waals surface area contributed by atoms with E-state index in [4.69, 9.17) is 9.84 Å². The maximum Gasteiger partial charge on any atom is 0.257 e. The summed E-state index contributed by atoms with van der Waals surface area (Å²) in [6.07, 6.45) is 0.441. The highest BCUT2D eigenvalue weighted by molar-refractivity contribution is 5.77. The number of rotatable bonds is 6. The first-order valence-electron chi connectivity index (χ1n) is 5.09. The summed E-state index contributed by atoms with van der Waals surface area (Å²) in [5.41, 5.74) is 0. The first-order valence-corrected chi connectivity index (χ1v) is 5.09. The van der Waals surface area contributed by atoms with Crippen molar-refractivity contribution in [3.05, 3.63) is 29.8 Å². The highest BCUT2D eigenvalue weighted by Crippen LogP contribution is 2.17. The van der Waals surface area contributed by atoms with Crippen LogP contribution in [0.25, 0.3) is 0 Å². The Morgan fingerprint density at radius 1 is 1.41 bits per heavy atom. The standard InChI is InChI=1S/C11H13F2NO3/c12-8-2-3-10(9(13)6-8)17-7-11(16)14-4-1-5-15/h2-3,6,15H,1,4-5,7H2,(H,14,16). The lowest BCUT2D eigenvalue weighted by Crippen LogP contribution is -2.30. The second-order valence-electron chi connectivity index (χ2n) is 3.29. The maximum absolute atomic E-state index is 13.1. The van der Waals surface area contributed by atoms with Gasteiger partial charge in [-0.15, -0.1) is 0 Å². The molecule has 1 amide bonds. The predicted molar refractivity (Wildman–Crippen MR) is 56.6 cm³/mol. The number of hydrogen-bond acceptors (Lipinski definition) is 3. The molecule has 0 unspecified atom stereocenters. The highest BCUT2D eigenvalue weighted by atomic mass is 19.1. The Morgan fingerprint density at radius 3 is 2.82 bits per heavy atom. The van der Waals surface area contributed by atoms with Crippen LogP contribution in [-0.4, -0.2) is 30.8 Å². The van der Waals surface area contributed by atoms with E-state index in [1.807, 2.05) is 0 Å². The number of benzene rings is 1. The van der Waals surface area contributed by atoms with Gasteiger partial charge in [-0.3, -0.25) is 4.79 Å². The normalized spacial score (nSPS) is 10.1. The Balaban J connectivity index is 2.37. The molecule has 4 nitrogen and oxygen atoms in total. The molecule has 0 heterocycles. The summed E-state index contributed by atoms with van der Waals surface area (Å²) in [5, 5.41) is 10.9. The molecule has 0 aromatic heterocycles. The van der Waals surface area contributed by atoms with Gasteiger partial charge in [-0.05, 0) is 18.6 Å². The van der Waals surface area contributed by atoms with Gasteiger partial charge in [0.25, 0.3) is 5.91 Å². The molecule has 1 aromatic rings. The zero-order valence-electron chi connectivity index (χ0n) is 9.08. The molecule has 94 valence electrons. The number of aliphatic hydroxyl groups excluding tert-OH is 1. The van der Waals surface area contributed by atoms with Gasteiger partial charge in [0.2, 0.25) is 0 Å². The van der Waals surface area contributed by atoms with Gasteiger partial charge in [0.15, 0.2) is 18.2 Å². The van der Waals surface area contributed by atoms with Crippen LogP contribution < -0.4 is 10.1 Å². The molecule has 1 rings (SSSR count). The van der Waals surface area contributed by atoms with Gasteiger partial charge in [-0.1, -0.05) is 0 Å². The van der Waals surface area contributed by atoms with Crippen molar-refractivity contribution in [1.82, 2.24) is 5.32 Å². The topological polar surface area (TPSA) is 58.6 Å². The van der Waals surface area contributed by atoms with Crippen molar-refractivity contribution >= 4 is 5.91 Å². The summed E-state index contributed by atoms with van der Waals surface area (Å²) in [7, 11) is 0. The van der Waals surface area contributed by atoms with Crippen LogP contribution >= 0.6 is 0 Å².